The molecule has 1 aliphatic rings. The number of nitrogens with zero attached hydrogens (tertiary/aromatic N) is 1. The van der Waals surface area contributed by atoms with E-state index in [0.29, 0.717) is 21.6 Å². The van der Waals surface area contributed by atoms with Gasteiger partial charge in [0.15, 0.2) is 5.09 Å². The predicted octanol–water partition coefficient (Wildman–Crippen LogP) is 6.32. The van der Waals surface area contributed by atoms with Crippen LogP contribution in [0, 0.1) is 0 Å². The summed E-state index contributed by atoms with van der Waals surface area (Å²) < 4.78 is 5.76. The molecule has 0 atom stereocenters. The molecule has 3 aromatic rings. The van der Waals surface area contributed by atoms with Crippen molar-refractivity contribution >= 4 is 63.9 Å². The van der Waals surface area contributed by atoms with Crippen LogP contribution in [0.5, 0.6) is 0 Å². The van der Waals surface area contributed by atoms with Gasteiger partial charge in [-0.25, -0.2) is 0 Å². The zero-order chi connectivity index (χ0) is 23.4. The highest BCUT2D eigenvalue weighted by molar-refractivity contribution is 8.18. The third kappa shape index (κ3) is 5.90. The van der Waals surface area contributed by atoms with Crippen LogP contribution in [0.3, 0.4) is 0 Å². The number of carbonyl (C=O) groups is 3. The molecule has 9 heteroatoms. The maximum atomic E-state index is 12.7. The lowest BCUT2D eigenvalue weighted by Crippen LogP contribution is -2.36. The van der Waals surface area contributed by atoms with Gasteiger partial charge in [0.25, 0.3) is 11.1 Å². The Bertz CT molecular complexity index is 1220. The highest BCUT2D eigenvalue weighted by Gasteiger charge is 2.36. The van der Waals surface area contributed by atoms with Crippen molar-refractivity contribution < 1.29 is 18.8 Å². The molecule has 0 saturated carbocycles. The van der Waals surface area contributed by atoms with Crippen LogP contribution >= 0.6 is 35.1 Å². The Balaban J connectivity index is 1.38. The average molecular weight is 499 g/mol. The average Bonchev–Trinajstić information content (AvgIpc) is 3.35. The van der Waals surface area contributed by atoms with Crippen LogP contribution in [-0.2, 0) is 16.0 Å². The van der Waals surface area contributed by atoms with Gasteiger partial charge in [0.1, 0.15) is 12.3 Å². The van der Waals surface area contributed by atoms with Crippen molar-refractivity contribution in [1.29, 1.82) is 0 Å². The second-order valence-corrected chi connectivity index (χ2v) is 9.59. The van der Waals surface area contributed by atoms with Crippen LogP contribution < -0.4 is 5.32 Å². The molecular formula is C24H19ClN2O4S2. The second kappa shape index (κ2) is 10.3. The number of benzene rings is 2. The molecule has 2 heterocycles. The van der Waals surface area contributed by atoms with Crippen molar-refractivity contribution in [3.05, 3.63) is 81.9 Å². The second-order valence-electron chi connectivity index (χ2n) is 7.08. The lowest BCUT2D eigenvalue weighted by Gasteiger charge is -2.12. The minimum absolute atomic E-state index is 0.206. The molecule has 1 fully saturated rings. The third-order valence-corrected chi connectivity index (χ3v) is 6.82. The highest BCUT2D eigenvalue weighted by Crippen LogP contribution is 2.34. The minimum Gasteiger partial charge on any atom is -0.450 e. The van der Waals surface area contributed by atoms with E-state index in [-0.39, 0.29) is 11.4 Å². The molecule has 1 N–H and O–H groups in total. The third-order valence-electron chi connectivity index (χ3n) is 4.73. The van der Waals surface area contributed by atoms with Crippen molar-refractivity contribution in [2.45, 2.75) is 23.3 Å². The van der Waals surface area contributed by atoms with E-state index in [1.807, 2.05) is 31.2 Å². The largest absolute Gasteiger partial charge is 0.450 e. The number of halogens is 1. The first-order valence-corrected chi connectivity index (χ1v) is 12.1. The standard InChI is InChI=1S/C24H19ClN2O4S2/c1-2-15-3-7-17(8-4-15)26-21(28)14-27-23(29)20(33-24(27)30)13-18-9-12-22(31-18)32-19-10-5-16(25)6-11-19/h3-13H,2,14H2,1H3,(H,26,28)/b20-13-. The molecule has 33 heavy (non-hydrogen) atoms. The maximum Gasteiger partial charge on any atom is 0.294 e. The molecule has 3 amide bonds. The van der Waals surface area contributed by atoms with Crippen molar-refractivity contribution in [3.63, 3.8) is 0 Å². The summed E-state index contributed by atoms with van der Waals surface area (Å²) in [7, 11) is 0. The summed E-state index contributed by atoms with van der Waals surface area (Å²) in [5, 5.41) is 3.50. The Morgan fingerprint density at radius 1 is 1.09 bits per heavy atom. The fourth-order valence-electron chi connectivity index (χ4n) is 3.02. The Labute approximate surface area is 204 Å². The molecule has 0 bridgehead atoms. The Morgan fingerprint density at radius 3 is 2.52 bits per heavy atom. The predicted molar refractivity (Wildman–Crippen MR) is 131 cm³/mol. The Hall–Kier alpha value is -2.94. The van der Waals surface area contributed by atoms with Gasteiger partial charge >= 0.3 is 0 Å². The number of thioether (sulfide) groups is 1. The van der Waals surface area contributed by atoms with E-state index in [0.717, 1.165) is 33.5 Å². The molecular weight excluding hydrogens is 480 g/mol. The van der Waals surface area contributed by atoms with Crippen LogP contribution in [0.4, 0.5) is 10.5 Å². The summed E-state index contributed by atoms with van der Waals surface area (Å²) >= 11 is 8.10. The number of hydrogen-bond donors (Lipinski definition) is 1. The SMILES string of the molecule is CCc1ccc(NC(=O)CN2C(=O)S/C(=C\c3ccc(Sc4ccc(Cl)cc4)o3)C2=O)cc1. The number of aryl methyl sites for hydroxylation is 1. The first-order chi connectivity index (χ1) is 15.9. The van der Waals surface area contributed by atoms with E-state index < -0.39 is 17.1 Å². The highest BCUT2D eigenvalue weighted by atomic mass is 35.5. The summed E-state index contributed by atoms with van der Waals surface area (Å²) in [5.41, 5.74) is 1.76. The molecule has 0 radical (unpaired) electrons. The number of nitrogens with one attached hydrogen (secondary N) is 1. The van der Waals surface area contributed by atoms with Crippen LogP contribution in [0.25, 0.3) is 6.08 Å². The first-order valence-electron chi connectivity index (χ1n) is 10.1. The molecule has 1 aliphatic heterocycles. The fraction of sp³-hybridized carbons (Fsp3) is 0.125. The van der Waals surface area contributed by atoms with Crippen molar-refractivity contribution in [1.82, 2.24) is 4.90 Å². The van der Waals surface area contributed by atoms with E-state index in [9.17, 15) is 14.4 Å². The Kier molecular flexibility index (Phi) is 7.27. The van der Waals surface area contributed by atoms with Gasteiger partial charge in [-0.2, -0.15) is 0 Å². The zero-order valence-corrected chi connectivity index (χ0v) is 19.9. The number of imide groups is 1. The number of furan rings is 1. The molecule has 168 valence electrons. The van der Waals surface area contributed by atoms with Crippen LogP contribution in [-0.4, -0.2) is 28.5 Å². The van der Waals surface area contributed by atoms with Gasteiger partial charge in [-0.05, 0) is 72.3 Å². The normalized spacial score (nSPS) is 14.8. The molecule has 6 nitrogen and oxygen atoms in total. The van der Waals surface area contributed by atoms with Gasteiger partial charge in [0.05, 0.1) is 4.91 Å². The molecule has 1 aromatic heterocycles. The van der Waals surface area contributed by atoms with Gasteiger partial charge in [-0.1, -0.05) is 42.4 Å². The van der Waals surface area contributed by atoms with Crippen molar-refractivity contribution in [2.75, 3.05) is 11.9 Å². The summed E-state index contributed by atoms with van der Waals surface area (Å²) in [6.07, 6.45) is 2.41. The fourth-order valence-corrected chi connectivity index (χ4v) is 4.74. The molecule has 2 aromatic carbocycles. The topological polar surface area (TPSA) is 79.6 Å². The molecule has 0 aliphatic carbocycles. The minimum atomic E-state index is -0.523. The summed E-state index contributed by atoms with van der Waals surface area (Å²) in [4.78, 5) is 39.5. The smallest absolute Gasteiger partial charge is 0.294 e. The first kappa shape index (κ1) is 23.2. The van der Waals surface area contributed by atoms with Gasteiger partial charge < -0.3 is 9.73 Å². The molecule has 0 spiro atoms. The molecule has 0 unspecified atom stereocenters. The van der Waals surface area contributed by atoms with E-state index in [4.69, 9.17) is 16.0 Å². The number of hydrogen-bond acceptors (Lipinski definition) is 6. The van der Waals surface area contributed by atoms with Crippen molar-refractivity contribution in [2.24, 2.45) is 0 Å². The van der Waals surface area contributed by atoms with E-state index in [1.54, 1.807) is 36.4 Å². The summed E-state index contributed by atoms with van der Waals surface area (Å²) in [6, 6.07) is 18.3. The van der Waals surface area contributed by atoms with Crippen LogP contribution in [0.15, 0.2) is 80.0 Å². The Morgan fingerprint density at radius 2 is 1.82 bits per heavy atom. The number of rotatable bonds is 7. The van der Waals surface area contributed by atoms with Crippen LogP contribution in [0.2, 0.25) is 5.02 Å². The van der Waals surface area contributed by atoms with Gasteiger partial charge in [-0.15, -0.1) is 0 Å². The molecule has 1 saturated heterocycles. The van der Waals surface area contributed by atoms with Gasteiger partial charge in [-0.3, -0.25) is 19.3 Å². The monoisotopic (exact) mass is 498 g/mol. The van der Waals surface area contributed by atoms with Gasteiger partial charge in [0.2, 0.25) is 5.91 Å². The zero-order valence-electron chi connectivity index (χ0n) is 17.5. The molecule has 4 rings (SSSR count). The van der Waals surface area contributed by atoms with Crippen LogP contribution in [0.1, 0.15) is 18.2 Å². The van der Waals surface area contributed by atoms with Gasteiger partial charge in [0, 0.05) is 21.7 Å². The number of anilines is 1. The number of amides is 3. The van der Waals surface area contributed by atoms with Crippen molar-refractivity contribution in [3.8, 4) is 0 Å². The number of carbonyl (C=O) groups excluding carboxylic acids is 3. The van der Waals surface area contributed by atoms with E-state index >= 15 is 0 Å². The van der Waals surface area contributed by atoms with E-state index in [2.05, 4.69) is 5.32 Å². The lowest BCUT2D eigenvalue weighted by atomic mass is 10.1. The lowest BCUT2D eigenvalue weighted by molar-refractivity contribution is -0.127. The summed E-state index contributed by atoms with van der Waals surface area (Å²) in [5.74, 6) is -0.523. The maximum absolute atomic E-state index is 12.7. The van der Waals surface area contributed by atoms with E-state index in [1.165, 1.54) is 17.8 Å². The summed E-state index contributed by atoms with van der Waals surface area (Å²) in [6.45, 7) is 1.69. The quantitative estimate of drug-likeness (QED) is 0.384.